The fourth-order valence-electron chi connectivity index (χ4n) is 2.27. The molecule has 1 N–H and O–H groups in total. The first-order chi connectivity index (χ1) is 9.29. The minimum absolute atomic E-state index is 0.232. The molecule has 1 saturated heterocycles. The van der Waals surface area contributed by atoms with Crippen molar-refractivity contribution in [3.05, 3.63) is 23.9 Å². The SMILES string of the molecule is CCNC(C)c1ccc(OCC2CCCCO2)nc1. The van der Waals surface area contributed by atoms with Crippen LogP contribution in [0.2, 0.25) is 0 Å². The number of nitrogens with zero attached hydrogens (tertiary/aromatic N) is 1. The van der Waals surface area contributed by atoms with Crippen LogP contribution in [0.5, 0.6) is 5.88 Å². The van der Waals surface area contributed by atoms with E-state index in [1.165, 1.54) is 18.4 Å². The molecule has 2 rings (SSSR count). The summed E-state index contributed by atoms with van der Waals surface area (Å²) in [5, 5.41) is 3.36. The molecule has 0 aliphatic carbocycles. The second-order valence-electron chi connectivity index (χ2n) is 5.01. The van der Waals surface area contributed by atoms with Gasteiger partial charge >= 0.3 is 0 Å². The van der Waals surface area contributed by atoms with Crippen LogP contribution in [0.4, 0.5) is 0 Å². The van der Waals surface area contributed by atoms with Crippen molar-refractivity contribution >= 4 is 0 Å². The lowest BCUT2D eigenvalue weighted by molar-refractivity contribution is -0.0119. The van der Waals surface area contributed by atoms with Gasteiger partial charge in [-0.3, -0.25) is 0 Å². The summed E-state index contributed by atoms with van der Waals surface area (Å²) in [5.41, 5.74) is 1.18. The minimum Gasteiger partial charge on any atom is -0.475 e. The van der Waals surface area contributed by atoms with E-state index in [0.29, 0.717) is 18.5 Å². The van der Waals surface area contributed by atoms with Crippen LogP contribution in [-0.2, 0) is 4.74 Å². The van der Waals surface area contributed by atoms with E-state index in [1.807, 2.05) is 12.3 Å². The van der Waals surface area contributed by atoms with Crippen molar-refractivity contribution in [2.75, 3.05) is 19.8 Å². The third kappa shape index (κ3) is 4.48. The molecule has 2 heterocycles. The predicted molar refractivity (Wildman–Crippen MR) is 75.4 cm³/mol. The first-order valence-corrected chi connectivity index (χ1v) is 7.23. The maximum Gasteiger partial charge on any atom is 0.213 e. The smallest absolute Gasteiger partial charge is 0.213 e. The average molecular weight is 264 g/mol. The molecule has 0 radical (unpaired) electrons. The van der Waals surface area contributed by atoms with E-state index in [1.54, 1.807) is 0 Å². The highest BCUT2D eigenvalue weighted by Crippen LogP contribution is 2.17. The van der Waals surface area contributed by atoms with Gasteiger partial charge < -0.3 is 14.8 Å². The Balaban J connectivity index is 1.81. The molecule has 4 heteroatoms. The van der Waals surface area contributed by atoms with Crippen LogP contribution in [0.15, 0.2) is 18.3 Å². The van der Waals surface area contributed by atoms with Crippen molar-refractivity contribution < 1.29 is 9.47 Å². The van der Waals surface area contributed by atoms with Gasteiger partial charge in [0.15, 0.2) is 0 Å². The fraction of sp³-hybridized carbons (Fsp3) is 0.667. The van der Waals surface area contributed by atoms with E-state index in [-0.39, 0.29) is 6.10 Å². The molecule has 19 heavy (non-hydrogen) atoms. The molecule has 0 saturated carbocycles. The zero-order chi connectivity index (χ0) is 13.5. The lowest BCUT2D eigenvalue weighted by Crippen LogP contribution is -2.26. The van der Waals surface area contributed by atoms with Crippen LogP contribution in [-0.4, -0.2) is 30.8 Å². The van der Waals surface area contributed by atoms with Gasteiger partial charge in [-0.15, -0.1) is 0 Å². The Kier molecular flexibility index (Phi) is 5.61. The maximum atomic E-state index is 5.68. The molecule has 0 bridgehead atoms. The first-order valence-electron chi connectivity index (χ1n) is 7.23. The van der Waals surface area contributed by atoms with Crippen LogP contribution >= 0.6 is 0 Å². The van der Waals surface area contributed by atoms with Crippen LogP contribution in [0.1, 0.15) is 44.7 Å². The van der Waals surface area contributed by atoms with Crippen LogP contribution in [0.3, 0.4) is 0 Å². The Hall–Kier alpha value is -1.13. The second-order valence-corrected chi connectivity index (χ2v) is 5.01. The number of hydrogen-bond acceptors (Lipinski definition) is 4. The lowest BCUT2D eigenvalue weighted by Gasteiger charge is -2.22. The average Bonchev–Trinajstić information content (AvgIpc) is 2.47. The van der Waals surface area contributed by atoms with Crippen molar-refractivity contribution in [1.82, 2.24) is 10.3 Å². The van der Waals surface area contributed by atoms with Crippen molar-refractivity contribution in [3.8, 4) is 5.88 Å². The van der Waals surface area contributed by atoms with Crippen LogP contribution in [0, 0.1) is 0 Å². The van der Waals surface area contributed by atoms with Crippen LogP contribution < -0.4 is 10.1 Å². The highest BCUT2D eigenvalue weighted by molar-refractivity contribution is 5.20. The molecular formula is C15H24N2O2. The number of rotatable bonds is 6. The van der Waals surface area contributed by atoms with Gasteiger partial charge in [0.25, 0.3) is 0 Å². The molecule has 2 atom stereocenters. The van der Waals surface area contributed by atoms with Crippen molar-refractivity contribution in [1.29, 1.82) is 0 Å². The summed E-state index contributed by atoms with van der Waals surface area (Å²) in [7, 11) is 0. The first kappa shape index (κ1) is 14.3. The number of pyridine rings is 1. The van der Waals surface area contributed by atoms with E-state index in [4.69, 9.17) is 9.47 Å². The number of ether oxygens (including phenoxy) is 2. The molecule has 1 aromatic rings. The summed E-state index contributed by atoms with van der Waals surface area (Å²) >= 11 is 0. The normalized spacial score (nSPS) is 21.1. The summed E-state index contributed by atoms with van der Waals surface area (Å²) in [6.07, 6.45) is 5.61. The molecular weight excluding hydrogens is 240 g/mol. The Morgan fingerprint density at radius 1 is 1.47 bits per heavy atom. The molecule has 0 amide bonds. The molecule has 106 valence electrons. The molecule has 0 spiro atoms. The molecule has 0 aromatic carbocycles. The highest BCUT2D eigenvalue weighted by Gasteiger charge is 2.14. The van der Waals surface area contributed by atoms with Crippen LogP contribution in [0.25, 0.3) is 0 Å². The third-order valence-electron chi connectivity index (χ3n) is 3.46. The van der Waals surface area contributed by atoms with E-state index >= 15 is 0 Å². The van der Waals surface area contributed by atoms with Gasteiger partial charge in [0.1, 0.15) is 6.61 Å². The van der Waals surface area contributed by atoms with Crippen molar-refractivity contribution in [2.24, 2.45) is 0 Å². The van der Waals surface area contributed by atoms with E-state index < -0.39 is 0 Å². The van der Waals surface area contributed by atoms with E-state index in [9.17, 15) is 0 Å². The Bertz CT molecular complexity index is 361. The zero-order valence-corrected chi connectivity index (χ0v) is 11.9. The number of hydrogen-bond donors (Lipinski definition) is 1. The van der Waals surface area contributed by atoms with Crippen molar-refractivity contribution in [2.45, 2.75) is 45.3 Å². The summed E-state index contributed by atoms with van der Waals surface area (Å²) in [6.45, 7) is 6.66. The molecule has 1 aromatic heterocycles. The Morgan fingerprint density at radius 3 is 3.00 bits per heavy atom. The maximum absolute atomic E-state index is 5.68. The van der Waals surface area contributed by atoms with Gasteiger partial charge in [-0.2, -0.15) is 0 Å². The quantitative estimate of drug-likeness (QED) is 0.858. The van der Waals surface area contributed by atoms with Gasteiger partial charge in [-0.05, 0) is 38.3 Å². The predicted octanol–water partition coefficient (Wildman–Crippen LogP) is 2.70. The summed E-state index contributed by atoms with van der Waals surface area (Å²) in [5.74, 6) is 0.682. The number of aromatic nitrogens is 1. The zero-order valence-electron chi connectivity index (χ0n) is 11.9. The Labute approximate surface area is 115 Å². The van der Waals surface area contributed by atoms with E-state index in [0.717, 1.165) is 19.6 Å². The minimum atomic E-state index is 0.232. The molecule has 1 aliphatic rings. The molecule has 4 nitrogen and oxygen atoms in total. The molecule has 2 unspecified atom stereocenters. The summed E-state index contributed by atoms with van der Waals surface area (Å²) < 4.78 is 11.3. The third-order valence-corrected chi connectivity index (χ3v) is 3.46. The number of nitrogens with one attached hydrogen (secondary N) is 1. The monoisotopic (exact) mass is 264 g/mol. The van der Waals surface area contributed by atoms with Crippen molar-refractivity contribution in [3.63, 3.8) is 0 Å². The molecule has 1 aliphatic heterocycles. The highest BCUT2D eigenvalue weighted by atomic mass is 16.5. The summed E-state index contributed by atoms with van der Waals surface area (Å²) in [4.78, 5) is 4.35. The van der Waals surface area contributed by atoms with Gasteiger partial charge in [0.05, 0.1) is 6.10 Å². The van der Waals surface area contributed by atoms with Gasteiger partial charge in [-0.1, -0.05) is 13.0 Å². The largest absolute Gasteiger partial charge is 0.475 e. The fourth-order valence-corrected chi connectivity index (χ4v) is 2.27. The van der Waals surface area contributed by atoms with E-state index in [2.05, 4.69) is 30.2 Å². The van der Waals surface area contributed by atoms with Gasteiger partial charge in [0, 0.05) is 24.9 Å². The summed E-state index contributed by atoms with van der Waals surface area (Å²) in [6, 6.07) is 4.33. The van der Waals surface area contributed by atoms with Gasteiger partial charge in [0.2, 0.25) is 5.88 Å². The Morgan fingerprint density at radius 2 is 2.37 bits per heavy atom. The lowest BCUT2D eigenvalue weighted by atomic mass is 10.1. The molecule has 1 fully saturated rings. The van der Waals surface area contributed by atoms with Gasteiger partial charge in [-0.25, -0.2) is 4.98 Å². The second kappa shape index (κ2) is 7.46. The topological polar surface area (TPSA) is 43.4 Å². The standard InChI is InChI=1S/C15H24N2O2/c1-3-16-12(2)13-7-8-15(17-10-13)19-11-14-6-4-5-9-18-14/h7-8,10,12,14,16H,3-6,9,11H2,1-2H3.